The molecule has 7 nitrogen and oxygen atoms in total. The van der Waals surface area contributed by atoms with E-state index >= 15 is 0 Å². The summed E-state index contributed by atoms with van der Waals surface area (Å²) >= 11 is 0. The van der Waals surface area contributed by atoms with Crippen molar-refractivity contribution in [3.05, 3.63) is 48.5 Å². The lowest BCUT2D eigenvalue weighted by molar-refractivity contribution is 0.136. The second kappa shape index (κ2) is 6.84. The molecule has 2 heterocycles. The summed E-state index contributed by atoms with van der Waals surface area (Å²) < 4.78 is 5.22. The van der Waals surface area contributed by atoms with Crippen LogP contribution in [0.3, 0.4) is 0 Å². The summed E-state index contributed by atoms with van der Waals surface area (Å²) in [5, 5.41) is 2.87. The van der Waals surface area contributed by atoms with E-state index in [2.05, 4.69) is 20.3 Å². The zero-order valence-corrected chi connectivity index (χ0v) is 12.1. The van der Waals surface area contributed by atoms with Crippen LogP contribution in [-0.4, -0.2) is 40.2 Å². The van der Waals surface area contributed by atoms with E-state index in [1.807, 2.05) is 35.2 Å². The van der Waals surface area contributed by atoms with Gasteiger partial charge in [-0.1, -0.05) is 30.3 Å². The Balaban J connectivity index is 1.45. The lowest BCUT2D eigenvalue weighted by Gasteiger charge is -2.16. The fourth-order valence-corrected chi connectivity index (χ4v) is 2.39. The topological polar surface area (TPSA) is 80.2 Å². The van der Waals surface area contributed by atoms with Gasteiger partial charge in [0.15, 0.2) is 0 Å². The van der Waals surface area contributed by atoms with Gasteiger partial charge in [-0.15, -0.1) is 0 Å². The summed E-state index contributed by atoms with van der Waals surface area (Å²) in [5.41, 5.74) is 0.968. The summed E-state index contributed by atoms with van der Waals surface area (Å²) in [6, 6.07) is 9.65. The van der Waals surface area contributed by atoms with Crippen LogP contribution in [0.4, 0.5) is 10.7 Å². The van der Waals surface area contributed by atoms with Crippen LogP contribution in [0.15, 0.2) is 43.0 Å². The summed E-state index contributed by atoms with van der Waals surface area (Å²) in [6.45, 7) is 1.74. The van der Waals surface area contributed by atoms with Crippen molar-refractivity contribution in [1.29, 1.82) is 0 Å². The highest BCUT2D eigenvalue weighted by atomic mass is 16.5. The molecule has 114 valence electrons. The second-order valence-corrected chi connectivity index (χ2v) is 5.08. The minimum atomic E-state index is -0.397. The Hall–Kier alpha value is -2.70. The van der Waals surface area contributed by atoms with E-state index in [1.54, 1.807) is 0 Å². The van der Waals surface area contributed by atoms with E-state index in [9.17, 15) is 4.79 Å². The quantitative estimate of drug-likeness (QED) is 0.918. The van der Waals surface area contributed by atoms with Gasteiger partial charge in [-0.3, -0.25) is 0 Å². The van der Waals surface area contributed by atoms with Crippen molar-refractivity contribution in [3.63, 3.8) is 0 Å². The molecular formula is C15H17N5O2. The Kier molecular flexibility index (Phi) is 4.43. The first kappa shape index (κ1) is 14.2. The molecule has 1 amide bonds. The Labute approximate surface area is 128 Å². The minimum absolute atomic E-state index is 0.0417. The zero-order chi connectivity index (χ0) is 15.2. The molecule has 1 atom stereocenters. The Morgan fingerprint density at radius 2 is 2.05 bits per heavy atom. The molecule has 1 fully saturated rings. The molecule has 1 aliphatic heterocycles. The van der Waals surface area contributed by atoms with Crippen LogP contribution in [0.2, 0.25) is 0 Å². The predicted octanol–water partition coefficient (Wildman–Crippen LogP) is 1.38. The van der Waals surface area contributed by atoms with Crippen molar-refractivity contribution in [1.82, 2.24) is 20.3 Å². The number of hydrogen-bond donors (Lipinski definition) is 1. The van der Waals surface area contributed by atoms with E-state index in [0.29, 0.717) is 12.5 Å². The molecular weight excluding hydrogens is 282 g/mol. The standard InChI is InChI=1S/C15H17N5O2/c21-15(22-9-12-4-2-1-3-5-12)19-13-6-7-20(8-13)14-17-10-16-11-18-14/h1-5,10-11,13H,6-9H2,(H,19,21). The number of amides is 1. The molecule has 0 saturated carbocycles. The van der Waals surface area contributed by atoms with Crippen LogP contribution >= 0.6 is 0 Å². The monoisotopic (exact) mass is 299 g/mol. The number of anilines is 1. The lowest BCUT2D eigenvalue weighted by Crippen LogP contribution is -2.37. The number of alkyl carbamates (subject to hydrolysis) is 1. The third-order valence-corrected chi connectivity index (χ3v) is 3.49. The van der Waals surface area contributed by atoms with E-state index in [-0.39, 0.29) is 12.6 Å². The van der Waals surface area contributed by atoms with Crippen molar-refractivity contribution in [3.8, 4) is 0 Å². The first-order chi connectivity index (χ1) is 10.8. The van der Waals surface area contributed by atoms with Gasteiger partial charge in [0, 0.05) is 13.1 Å². The summed E-state index contributed by atoms with van der Waals surface area (Å²) in [6.07, 6.45) is 3.38. The SMILES string of the molecule is O=C(NC1CCN(c2ncncn2)C1)OCc1ccccc1. The zero-order valence-electron chi connectivity index (χ0n) is 12.1. The number of carbonyl (C=O) groups is 1. The highest BCUT2D eigenvalue weighted by molar-refractivity contribution is 5.67. The number of nitrogens with one attached hydrogen (secondary N) is 1. The number of rotatable bonds is 4. The maximum absolute atomic E-state index is 11.8. The fraction of sp³-hybridized carbons (Fsp3) is 0.333. The minimum Gasteiger partial charge on any atom is -0.445 e. The molecule has 0 bridgehead atoms. The van der Waals surface area contributed by atoms with Crippen molar-refractivity contribution in [2.75, 3.05) is 18.0 Å². The van der Waals surface area contributed by atoms with Gasteiger partial charge in [0.05, 0.1) is 6.04 Å². The van der Waals surface area contributed by atoms with Crippen LogP contribution in [-0.2, 0) is 11.3 Å². The molecule has 1 N–H and O–H groups in total. The van der Waals surface area contributed by atoms with E-state index in [0.717, 1.165) is 18.5 Å². The van der Waals surface area contributed by atoms with E-state index < -0.39 is 6.09 Å². The molecule has 0 aliphatic carbocycles. The van der Waals surface area contributed by atoms with Gasteiger partial charge in [-0.05, 0) is 12.0 Å². The molecule has 3 rings (SSSR count). The van der Waals surface area contributed by atoms with Crippen LogP contribution in [0.1, 0.15) is 12.0 Å². The van der Waals surface area contributed by atoms with Crippen molar-refractivity contribution in [2.45, 2.75) is 19.1 Å². The van der Waals surface area contributed by atoms with E-state index in [4.69, 9.17) is 4.74 Å². The van der Waals surface area contributed by atoms with Gasteiger partial charge < -0.3 is 15.0 Å². The van der Waals surface area contributed by atoms with Crippen molar-refractivity contribution >= 4 is 12.0 Å². The molecule has 7 heteroatoms. The third-order valence-electron chi connectivity index (χ3n) is 3.49. The highest BCUT2D eigenvalue weighted by Gasteiger charge is 2.25. The van der Waals surface area contributed by atoms with Gasteiger partial charge in [0.2, 0.25) is 5.95 Å². The van der Waals surface area contributed by atoms with Crippen LogP contribution in [0.25, 0.3) is 0 Å². The molecule has 0 radical (unpaired) electrons. The molecule has 0 spiro atoms. The first-order valence-electron chi connectivity index (χ1n) is 7.15. The van der Waals surface area contributed by atoms with Gasteiger partial charge in [-0.2, -0.15) is 0 Å². The number of ether oxygens (including phenoxy) is 1. The van der Waals surface area contributed by atoms with Gasteiger partial charge in [-0.25, -0.2) is 19.7 Å². The summed E-state index contributed by atoms with van der Waals surface area (Å²) in [7, 11) is 0. The van der Waals surface area contributed by atoms with Crippen LogP contribution < -0.4 is 10.2 Å². The average Bonchev–Trinajstić information content (AvgIpc) is 3.03. The maximum Gasteiger partial charge on any atom is 0.407 e. The number of aromatic nitrogens is 3. The number of nitrogens with zero attached hydrogens (tertiary/aromatic N) is 4. The van der Waals surface area contributed by atoms with E-state index in [1.165, 1.54) is 12.7 Å². The number of hydrogen-bond acceptors (Lipinski definition) is 6. The Morgan fingerprint density at radius 1 is 1.27 bits per heavy atom. The third kappa shape index (κ3) is 3.69. The maximum atomic E-state index is 11.8. The molecule has 1 unspecified atom stereocenters. The Bertz CT molecular complexity index is 608. The number of benzene rings is 1. The smallest absolute Gasteiger partial charge is 0.407 e. The van der Waals surface area contributed by atoms with Gasteiger partial charge >= 0.3 is 6.09 Å². The molecule has 1 aliphatic rings. The predicted molar refractivity (Wildman–Crippen MR) is 80.2 cm³/mol. The largest absolute Gasteiger partial charge is 0.445 e. The van der Waals surface area contributed by atoms with Crippen LogP contribution in [0, 0.1) is 0 Å². The van der Waals surface area contributed by atoms with Crippen molar-refractivity contribution < 1.29 is 9.53 Å². The van der Waals surface area contributed by atoms with Crippen LogP contribution in [0.5, 0.6) is 0 Å². The highest BCUT2D eigenvalue weighted by Crippen LogP contribution is 2.14. The molecule has 2 aromatic rings. The first-order valence-corrected chi connectivity index (χ1v) is 7.15. The molecule has 22 heavy (non-hydrogen) atoms. The lowest BCUT2D eigenvalue weighted by atomic mass is 10.2. The fourth-order valence-electron chi connectivity index (χ4n) is 2.39. The normalized spacial score (nSPS) is 17.3. The molecule has 1 saturated heterocycles. The average molecular weight is 299 g/mol. The summed E-state index contributed by atoms with van der Waals surface area (Å²) in [5.74, 6) is 0.636. The number of carbonyl (C=O) groups excluding carboxylic acids is 1. The van der Waals surface area contributed by atoms with Crippen molar-refractivity contribution in [2.24, 2.45) is 0 Å². The second-order valence-electron chi connectivity index (χ2n) is 5.08. The Morgan fingerprint density at radius 3 is 2.82 bits per heavy atom. The molecule has 1 aromatic carbocycles. The van der Waals surface area contributed by atoms with Gasteiger partial charge in [0.1, 0.15) is 19.3 Å². The molecule has 1 aromatic heterocycles. The van der Waals surface area contributed by atoms with Gasteiger partial charge in [0.25, 0.3) is 0 Å². The summed E-state index contributed by atoms with van der Waals surface area (Å²) in [4.78, 5) is 25.9.